The average Bonchev–Trinajstić information content (AvgIpc) is 2.99. The molecule has 0 radical (unpaired) electrons. The highest BCUT2D eigenvalue weighted by Crippen LogP contribution is 2.07. The smallest absolute Gasteiger partial charge is 0.238 e. The lowest BCUT2D eigenvalue weighted by atomic mass is 10.2. The van der Waals surface area contributed by atoms with Crippen LogP contribution in [-0.4, -0.2) is 20.4 Å². The highest BCUT2D eigenvalue weighted by Gasteiger charge is 2.20. The Labute approximate surface area is 135 Å². The number of rotatable bonds is 7. The van der Waals surface area contributed by atoms with Crippen LogP contribution in [0.5, 0.6) is 0 Å². The number of benzene rings is 1. The Kier molecular flexibility index (Phi) is 5.57. The van der Waals surface area contributed by atoms with Crippen LogP contribution in [-0.2, 0) is 27.1 Å². The van der Waals surface area contributed by atoms with Crippen LogP contribution >= 0.6 is 0 Å². The van der Waals surface area contributed by atoms with Crippen LogP contribution in [0.25, 0.3) is 0 Å². The summed E-state index contributed by atoms with van der Waals surface area (Å²) in [6.45, 7) is 3.65. The molecular formula is C16H20N2O4S. The minimum Gasteiger partial charge on any atom is -0.467 e. The summed E-state index contributed by atoms with van der Waals surface area (Å²) in [5.74, 6) is 0.0326. The van der Waals surface area contributed by atoms with Gasteiger partial charge >= 0.3 is 0 Å². The van der Waals surface area contributed by atoms with Gasteiger partial charge in [-0.25, -0.2) is 13.1 Å². The first-order valence-corrected chi connectivity index (χ1v) is 8.86. The molecule has 0 bridgehead atoms. The zero-order valence-corrected chi connectivity index (χ0v) is 13.9. The molecule has 124 valence electrons. The lowest BCUT2D eigenvalue weighted by Crippen LogP contribution is -2.44. The molecular weight excluding hydrogens is 316 g/mol. The van der Waals surface area contributed by atoms with Crippen molar-refractivity contribution in [2.24, 2.45) is 0 Å². The fourth-order valence-corrected chi connectivity index (χ4v) is 3.37. The first kappa shape index (κ1) is 17.2. The monoisotopic (exact) mass is 336 g/mol. The Morgan fingerprint density at radius 2 is 1.91 bits per heavy atom. The molecule has 7 heteroatoms. The first-order chi connectivity index (χ1) is 10.9. The molecule has 0 fully saturated rings. The van der Waals surface area contributed by atoms with Gasteiger partial charge in [-0.2, -0.15) is 0 Å². The SMILES string of the molecule is Cc1ccc(CS(=O)(=O)N[C@@H](C)C(=O)NCc2ccco2)cc1. The van der Waals surface area contributed by atoms with Gasteiger partial charge in [-0.05, 0) is 31.5 Å². The standard InChI is InChI=1S/C16H20N2O4S/c1-12-5-7-14(8-6-12)11-23(20,21)18-13(2)16(19)17-10-15-4-3-9-22-15/h3-9,13,18H,10-11H2,1-2H3,(H,17,19)/t13-/m0/s1. The maximum absolute atomic E-state index is 12.1. The van der Waals surface area contributed by atoms with Crippen LogP contribution in [0, 0.1) is 6.92 Å². The van der Waals surface area contributed by atoms with Gasteiger partial charge in [0.1, 0.15) is 5.76 Å². The van der Waals surface area contributed by atoms with E-state index >= 15 is 0 Å². The lowest BCUT2D eigenvalue weighted by Gasteiger charge is -2.14. The number of sulfonamides is 1. The Hall–Kier alpha value is -2.12. The molecule has 1 amide bonds. The molecule has 0 spiro atoms. The van der Waals surface area contributed by atoms with E-state index in [9.17, 15) is 13.2 Å². The summed E-state index contributed by atoms with van der Waals surface area (Å²) in [4.78, 5) is 11.9. The molecule has 1 aromatic carbocycles. The Morgan fingerprint density at radius 1 is 1.22 bits per heavy atom. The average molecular weight is 336 g/mol. The van der Waals surface area contributed by atoms with Crippen molar-refractivity contribution in [3.63, 3.8) is 0 Å². The molecule has 0 saturated carbocycles. The fraction of sp³-hybridized carbons (Fsp3) is 0.312. The van der Waals surface area contributed by atoms with E-state index < -0.39 is 22.0 Å². The summed E-state index contributed by atoms with van der Waals surface area (Å²) in [5, 5.41) is 2.62. The van der Waals surface area contributed by atoms with Crippen LogP contribution in [0.15, 0.2) is 47.1 Å². The number of nitrogens with one attached hydrogen (secondary N) is 2. The number of aryl methyl sites for hydroxylation is 1. The summed E-state index contributed by atoms with van der Waals surface area (Å²) in [6.07, 6.45) is 1.51. The number of hydrogen-bond donors (Lipinski definition) is 2. The number of amides is 1. The zero-order chi connectivity index (χ0) is 16.9. The second-order valence-electron chi connectivity index (χ2n) is 5.38. The highest BCUT2D eigenvalue weighted by molar-refractivity contribution is 7.88. The van der Waals surface area contributed by atoms with E-state index in [1.54, 1.807) is 24.3 Å². The molecule has 0 aliphatic heterocycles. The predicted molar refractivity (Wildman–Crippen MR) is 87.0 cm³/mol. The molecule has 1 aromatic heterocycles. The van der Waals surface area contributed by atoms with Crippen LogP contribution in [0.3, 0.4) is 0 Å². The summed E-state index contributed by atoms with van der Waals surface area (Å²) < 4.78 is 31.7. The molecule has 2 N–H and O–H groups in total. The van der Waals surface area contributed by atoms with Crippen molar-refractivity contribution in [2.45, 2.75) is 32.2 Å². The molecule has 0 aliphatic carbocycles. The number of furan rings is 1. The third kappa shape index (κ3) is 5.54. The second kappa shape index (κ2) is 7.43. The molecule has 1 atom stereocenters. The van der Waals surface area contributed by atoms with Crippen molar-refractivity contribution in [3.8, 4) is 0 Å². The summed E-state index contributed by atoms with van der Waals surface area (Å²) in [6, 6.07) is 9.81. The number of carbonyl (C=O) groups excluding carboxylic acids is 1. The van der Waals surface area contributed by atoms with Crippen LogP contribution in [0.1, 0.15) is 23.8 Å². The number of hydrogen-bond acceptors (Lipinski definition) is 4. The molecule has 1 heterocycles. The van der Waals surface area contributed by atoms with Gasteiger partial charge in [-0.3, -0.25) is 4.79 Å². The number of carbonyl (C=O) groups is 1. The molecule has 0 aliphatic rings. The van der Waals surface area contributed by atoms with Crippen molar-refractivity contribution >= 4 is 15.9 Å². The highest BCUT2D eigenvalue weighted by atomic mass is 32.2. The van der Waals surface area contributed by atoms with Crippen molar-refractivity contribution in [3.05, 3.63) is 59.5 Å². The van der Waals surface area contributed by atoms with Gasteiger partial charge in [0.2, 0.25) is 15.9 Å². The van der Waals surface area contributed by atoms with E-state index in [1.165, 1.54) is 13.2 Å². The minimum atomic E-state index is -3.60. The van der Waals surface area contributed by atoms with Crippen molar-refractivity contribution < 1.29 is 17.6 Å². The Morgan fingerprint density at radius 3 is 2.52 bits per heavy atom. The maximum Gasteiger partial charge on any atom is 0.238 e. The van der Waals surface area contributed by atoms with Crippen molar-refractivity contribution in [2.75, 3.05) is 0 Å². The molecule has 0 unspecified atom stereocenters. The quantitative estimate of drug-likeness (QED) is 0.806. The van der Waals surface area contributed by atoms with Gasteiger partial charge in [-0.15, -0.1) is 0 Å². The molecule has 2 aromatic rings. The third-order valence-electron chi connectivity index (χ3n) is 3.24. The largest absolute Gasteiger partial charge is 0.467 e. The molecule has 2 rings (SSSR count). The fourth-order valence-electron chi connectivity index (χ4n) is 2.01. The van der Waals surface area contributed by atoms with Crippen LogP contribution in [0.4, 0.5) is 0 Å². The molecule has 23 heavy (non-hydrogen) atoms. The van der Waals surface area contributed by atoms with E-state index in [0.717, 1.165) is 5.56 Å². The van der Waals surface area contributed by atoms with E-state index in [1.807, 2.05) is 19.1 Å². The Bertz CT molecular complexity index is 737. The topological polar surface area (TPSA) is 88.4 Å². The van der Waals surface area contributed by atoms with Crippen molar-refractivity contribution in [1.29, 1.82) is 0 Å². The second-order valence-corrected chi connectivity index (χ2v) is 7.14. The third-order valence-corrected chi connectivity index (χ3v) is 4.67. The van der Waals surface area contributed by atoms with Gasteiger partial charge in [0, 0.05) is 0 Å². The van der Waals surface area contributed by atoms with Crippen LogP contribution < -0.4 is 10.0 Å². The normalized spacial score (nSPS) is 12.8. The molecule has 0 saturated heterocycles. The summed E-state index contributed by atoms with van der Waals surface area (Å²) in [5.41, 5.74) is 1.73. The zero-order valence-electron chi connectivity index (χ0n) is 13.1. The Balaban J connectivity index is 1.88. The van der Waals surface area contributed by atoms with Gasteiger partial charge in [0.25, 0.3) is 0 Å². The van der Waals surface area contributed by atoms with Gasteiger partial charge < -0.3 is 9.73 Å². The lowest BCUT2D eigenvalue weighted by molar-refractivity contribution is -0.122. The van der Waals surface area contributed by atoms with E-state index in [4.69, 9.17) is 4.42 Å². The van der Waals surface area contributed by atoms with Gasteiger partial charge in [0.05, 0.1) is 24.6 Å². The van der Waals surface area contributed by atoms with E-state index in [2.05, 4.69) is 10.0 Å². The van der Waals surface area contributed by atoms with E-state index in [0.29, 0.717) is 11.3 Å². The predicted octanol–water partition coefficient (Wildman–Crippen LogP) is 1.71. The van der Waals surface area contributed by atoms with Gasteiger partial charge in [-0.1, -0.05) is 29.8 Å². The maximum atomic E-state index is 12.1. The van der Waals surface area contributed by atoms with Crippen LogP contribution in [0.2, 0.25) is 0 Å². The van der Waals surface area contributed by atoms with Crippen molar-refractivity contribution in [1.82, 2.24) is 10.0 Å². The van der Waals surface area contributed by atoms with Gasteiger partial charge in [0.15, 0.2) is 0 Å². The van der Waals surface area contributed by atoms with E-state index in [-0.39, 0.29) is 12.3 Å². The first-order valence-electron chi connectivity index (χ1n) is 7.21. The summed E-state index contributed by atoms with van der Waals surface area (Å²) in [7, 11) is -3.60. The molecule has 6 nitrogen and oxygen atoms in total. The summed E-state index contributed by atoms with van der Waals surface area (Å²) >= 11 is 0. The minimum absolute atomic E-state index is 0.164.